The largest absolute Gasteiger partial charge is 0.326 e. The van der Waals surface area contributed by atoms with Crippen LogP contribution in [0.4, 0.5) is 5.69 Å². The number of nitrogens with zero attached hydrogens (tertiary/aromatic N) is 3. The third-order valence-electron chi connectivity index (χ3n) is 5.49. The molecule has 1 aliphatic heterocycles. The highest BCUT2D eigenvalue weighted by molar-refractivity contribution is 5.91. The van der Waals surface area contributed by atoms with Crippen molar-refractivity contribution in [1.29, 1.82) is 0 Å². The van der Waals surface area contributed by atoms with E-state index >= 15 is 0 Å². The molecule has 2 heterocycles. The Morgan fingerprint density at radius 3 is 2.64 bits per heavy atom. The summed E-state index contributed by atoms with van der Waals surface area (Å²) in [4.78, 5) is 12.2. The molecule has 0 radical (unpaired) electrons. The van der Waals surface area contributed by atoms with Crippen molar-refractivity contribution >= 4 is 11.6 Å². The number of fused-ring (bicyclic) bond motifs is 1. The first-order valence-electron chi connectivity index (χ1n) is 9.62. The number of amides is 1. The number of aryl methyl sites for hydroxylation is 1. The summed E-state index contributed by atoms with van der Waals surface area (Å²) in [6, 6.07) is 8.02. The van der Waals surface area contributed by atoms with E-state index in [-0.39, 0.29) is 5.91 Å². The van der Waals surface area contributed by atoms with Crippen molar-refractivity contribution < 1.29 is 4.79 Å². The predicted molar refractivity (Wildman–Crippen MR) is 98.2 cm³/mol. The SMILES string of the molecule is O=C(CC1CCCC1)Nc1ccc(-c2nnc3n2CCCCC3)cc1. The number of rotatable bonds is 4. The second-order valence-electron chi connectivity index (χ2n) is 7.38. The lowest BCUT2D eigenvalue weighted by molar-refractivity contribution is -0.117. The molecule has 0 bridgehead atoms. The van der Waals surface area contributed by atoms with E-state index in [1.165, 1.54) is 44.9 Å². The Kier molecular flexibility index (Phi) is 4.81. The van der Waals surface area contributed by atoms with E-state index in [4.69, 9.17) is 0 Å². The van der Waals surface area contributed by atoms with Crippen LogP contribution in [-0.2, 0) is 17.8 Å². The molecule has 1 saturated carbocycles. The Labute approximate surface area is 148 Å². The lowest BCUT2D eigenvalue weighted by Crippen LogP contribution is -2.15. The summed E-state index contributed by atoms with van der Waals surface area (Å²) < 4.78 is 2.25. The molecule has 5 heteroatoms. The fraction of sp³-hybridized carbons (Fsp3) is 0.550. The molecule has 132 valence electrons. The second-order valence-corrected chi connectivity index (χ2v) is 7.38. The highest BCUT2D eigenvalue weighted by Crippen LogP contribution is 2.28. The van der Waals surface area contributed by atoms with E-state index in [2.05, 4.69) is 20.1 Å². The zero-order valence-corrected chi connectivity index (χ0v) is 14.7. The zero-order chi connectivity index (χ0) is 17.1. The van der Waals surface area contributed by atoms with Crippen LogP contribution in [0.3, 0.4) is 0 Å². The Bertz CT molecular complexity index is 729. The third kappa shape index (κ3) is 3.75. The van der Waals surface area contributed by atoms with E-state index in [1.807, 2.05) is 24.3 Å². The number of carbonyl (C=O) groups excluding carboxylic acids is 1. The quantitative estimate of drug-likeness (QED) is 0.909. The number of hydrogen-bond acceptors (Lipinski definition) is 3. The van der Waals surface area contributed by atoms with Gasteiger partial charge in [-0.2, -0.15) is 0 Å². The van der Waals surface area contributed by atoms with Crippen LogP contribution in [0.25, 0.3) is 11.4 Å². The molecule has 25 heavy (non-hydrogen) atoms. The van der Waals surface area contributed by atoms with Gasteiger partial charge in [0.2, 0.25) is 5.91 Å². The molecule has 0 saturated heterocycles. The number of carbonyl (C=O) groups is 1. The number of anilines is 1. The van der Waals surface area contributed by atoms with Gasteiger partial charge in [0.15, 0.2) is 5.82 Å². The van der Waals surface area contributed by atoms with Crippen molar-refractivity contribution in [2.45, 2.75) is 64.3 Å². The first-order chi connectivity index (χ1) is 12.3. The predicted octanol–water partition coefficient (Wildman–Crippen LogP) is 4.19. The number of hydrogen-bond donors (Lipinski definition) is 1. The van der Waals surface area contributed by atoms with Crippen molar-refractivity contribution in [2.75, 3.05) is 5.32 Å². The Morgan fingerprint density at radius 2 is 1.84 bits per heavy atom. The van der Waals surface area contributed by atoms with Crippen molar-refractivity contribution in [1.82, 2.24) is 14.8 Å². The Balaban J connectivity index is 1.43. The van der Waals surface area contributed by atoms with Gasteiger partial charge in [0.05, 0.1) is 0 Å². The zero-order valence-electron chi connectivity index (χ0n) is 14.7. The molecule has 1 aliphatic carbocycles. The lowest BCUT2D eigenvalue weighted by atomic mass is 10.0. The molecular formula is C20H26N4O. The minimum atomic E-state index is 0.135. The third-order valence-corrected chi connectivity index (χ3v) is 5.49. The van der Waals surface area contributed by atoms with Gasteiger partial charge in [0, 0.05) is 30.6 Å². The Hall–Kier alpha value is -2.17. The van der Waals surface area contributed by atoms with Crippen molar-refractivity contribution in [2.24, 2.45) is 5.92 Å². The maximum absolute atomic E-state index is 12.2. The number of nitrogens with one attached hydrogen (secondary N) is 1. The first-order valence-corrected chi connectivity index (χ1v) is 9.62. The van der Waals surface area contributed by atoms with Crippen LogP contribution in [0.1, 0.15) is 57.2 Å². The van der Waals surface area contributed by atoms with Gasteiger partial charge in [-0.25, -0.2) is 0 Å². The lowest BCUT2D eigenvalue weighted by Gasteiger charge is -2.10. The molecular weight excluding hydrogens is 312 g/mol. The molecule has 1 fully saturated rings. The molecule has 2 aromatic rings. The molecule has 1 aromatic heterocycles. The van der Waals surface area contributed by atoms with Crippen molar-refractivity contribution in [3.8, 4) is 11.4 Å². The van der Waals surface area contributed by atoms with E-state index in [0.29, 0.717) is 12.3 Å². The monoisotopic (exact) mass is 338 g/mol. The van der Waals surface area contributed by atoms with E-state index in [9.17, 15) is 4.79 Å². The molecule has 0 spiro atoms. The summed E-state index contributed by atoms with van der Waals surface area (Å²) in [5, 5.41) is 11.8. The van der Waals surface area contributed by atoms with Gasteiger partial charge in [-0.1, -0.05) is 19.3 Å². The highest BCUT2D eigenvalue weighted by Gasteiger charge is 2.19. The first kappa shape index (κ1) is 16.3. The normalized spacial score (nSPS) is 17.9. The molecule has 5 nitrogen and oxygen atoms in total. The average Bonchev–Trinajstić information content (AvgIpc) is 3.20. The number of aromatic nitrogens is 3. The van der Waals surface area contributed by atoms with Gasteiger partial charge in [-0.05, 0) is 55.9 Å². The summed E-state index contributed by atoms with van der Waals surface area (Å²) in [6.07, 6.45) is 10.3. The fourth-order valence-electron chi connectivity index (χ4n) is 4.09. The summed E-state index contributed by atoms with van der Waals surface area (Å²) >= 11 is 0. The molecule has 1 amide bonds. The molecule has 1 aromatic carbocycles. The number of benzene rings is 1. The molecule has 2 aliphatic rings. The van der Waals surface area contributed by atoms with Crippen LogP contribution >= 0.6 is 0 Å². The summed E-state index contributed by atoms with van der Waals surface area (Å²) in [6.45, 7) is 0.998. The van der Waals surface area contributed by atoms with Gasteiger partial charge in [0.25, 0.3) is 0 Å². The standard InChI is InChI=1S/C20H26N4O/c25-19(14-15-6-3-4-7-15)21-17-11-9-16(10-12-17)20-23-22-18-8-2-1-5-13-24(18)20/h9-12,15H,1-8,13-14H2,(H,21,25). The molecule has 0 atom stereocenters. The van der Waals surface area contributed by atoms with Gasteiger partial charge >= 0.3 is 0 Å². The van der Waals surface area contributed by atoms with E-state index < -0.39 is 0 Å². The van der Waals surface area contributed by atoms with E-state index in [1.54, 1.807) is 0 Å². The maximum Gasteiger partial charge on any atom is 0.224 e. The van der Waals surface area contributed by atoms with Gasteiger partial charge < -0.3 is 9.88 Å². The summed E-state index contributed by atoms with van der Waals surface area (Å²) in [5.74, 6) is 2.75. The van der Waals surface area contributed by atoms with Crippen molar-refractivity contribution in [3.05, 3.63) is 30.1 Å². The van der Waals surface area contributed by atoms with Crippen LogP contribution in [0.2, 0.25) is 0 Å². The van der Waals surface area contributed by atoms with Gasteiger partial charge in [-0.15, -0.1) is 10.2 Å². The second kappa shape index (κ2) is 7.38. The molecule has 1 N–H and O–H groups in total. The van der Waals surface area contributed by atoms with Crippen LogP contribution in [0.15, 0.2) is 24.3 Å². The van der Waals surface area contributed by atoms with Gasteiger partial charge in [-0.3, -0.25) is 4.79 Å². The molecule has 0 unspecified atom stereocenters. The summed E-state index contributed by atoms with van der Waals surface area (Å²) in [7, 11) is 0. The minimum Gasteiger partial charge on any atom is -0.326 e. The van der Waals surface area contributed by atoms with Crippen LogP contribution in [0.5, 0.6) is 0 Å². The van der Waals surface area contributed by atoms with E-state index in [0.717, 1.165) is 35.9 Å². The topological polar surface area (TPSA) is 59.8 Å². The Morgan fingerprint density at radius 1 is 1.04 bits per heavy atom. The van der Waals surface area contributed by atoms with Gasteiger partial charge in [0.1, 0.15) is 5.82 Å². The minimum absolute atomic E-state index is 0.135. The highest BCUT2D eigenvalue weighted by atomic mass is 16.1. The van der Waals surface area contributed by atoms with Crippen LogP contribution in [0, 0.1) is 5.92 Å². The average molecular weight is 338 g/mol. The van der Waals surface area contributed by atoms with Crippen LogP contribution < -0.4 is 5.32 Å². The van der Waals surface area contributed by atoms with Crippen LogP contribution in [-0.4, -0.2) is 20.7 Å². The molecule has 4 rings (SSSR count). The maximum atomic E-state index is 12.2. The van der Waals surface area contributed by atoms with Crippen molar-refractivity contribution in [3.63, 3.8) is 0 Å². The smallest absolute Gasteiger partial charge is 0.224 e. The fourth-order valence-corrected chi connectivity index (χ4v) is 4.09. The summed E-state index contributed by atoms with van der Waals surface area (Å²) in [5.41, 5.74) is 1.93.